The van der Waals surface area contributed by atoms with Crippen LogP contribution in [0.5, 0.6) is 0 Å². The molecule has 10 heteroatoms. The summed E-state index contributed by atoms with van der Waals surface area (Å²) in [6, 6.07) is -1.24. The van der Waals surface area contributed by atoms with Gasteiger partial charge in [0.2, 0.25) is 15.9 Å². The Kier molecular flexibility index (Phi) is 4.35. The molecule has 0 aromatic rings. The van der Waals surface area contributed by atoms with Crippen molar-refractivity contribution in [1.82, 2.24) is 14.1 Å². The third kappa shape index (κ3) is 3.55. The third-order valence-electron chi connectivity index (χ3n) is 3.82. The smallest absolute Gasteiger partial charge is 0.237 e. The molecule has 2 saturated heterocycles. The Morgan fingerprint density at radius 3 is 2.29 bits per heavy atom. The van der Waals surface area contributed by atoms with Crippen LogP contribution in [0.25, 0.3) is 0 Å². The van der Waals surface area contributed by atoms with Gasteiger partial charge in [-0.25, -0.2) is 16.8 Å². The Labute approximate surface area is 125 Å². The Morgan fingerprint density at radius 1 is 1.19 bits per heavy atom. The van der Waals surface area contributed by atoms with Crippen LogP contribution in [-0.2, 0) is 24.7 Å². The quantitative estimate of drug-likeness (QED) is 0.580. The summed E-state index contributed by atoms with van der Waals surface area (Å²) in [7, 11) is -3.30. The molecule has 1 amide bonds. The first-order valence-corrected chi connectivity index (χ1v) is 10.3. The lowest BCUT2D eigenvalue weighted by Crippen LogP contribution is -2.62. The second-order valence-corrected chi connectivity index (χ2v) is 10.00. The zero-order valence-corrected chi connectivity index (χ0v) is 14.0. The Bertz CT molecular complexity index is 628. The fraction of sp³-hybridized carbons (Fsp3) is 0.909. The predicted octanol–water partition coefficient (Wildman–Crippen LogP) is -2.18. The van der Waals surface area contributed by atoms with Crippen molar-refractivity contribution in [2.24, 2.45) is 0 Å². The van der Waals surface area contributed by atoms with Gasteiger partial charge in [0.15, 0.2) is 9.84 Å². The molecule has 0 aromatic heterocycles. The van der Waals surface area contributed by atoms with Gasteiger partial charge in [-0.05, 0) is 14.1 Å². The Balaban J connectivity index is 2.29. The normalized spacial score (nSPS) is 29.6. The molecule has 2 atom stereocenters. The van der Waals surface area contributed by atoms with Crippen molar-refractivity contribution in [2.75, 3.05) is 51.5 Å². The van der Waals surface area contributed by atoms with E-state index in [0.29, 0.717) is 0 Å². The SMILES string of the molecule is CN(C)CC(=O)N1CCN(S(C)(=O)=O)[C@H]2CS(=O)(=O)C[C@H]21. The molecule has 2 aliphatic heterocycles. The minimum Gasteiger partial charge on any atom is -0.335 e. The number of likely N-dealkylation sites (N-methyl/N-ethyl adjacent to an activating group) is 1. The van der Waals surface area contributed by atoms with E-state index in [9.17, 15) is 21.6 Å². The molecule has 2 rings (SSSR count). The van der Waals surface area contributed by atoms with Crippen molar-refractivity contribution in [2.45, 2.75) is 12.1 Å². The summed E-state index contributed by atoms with van der Waals surface area (Å²) < 4.78 is 48.6. The Morgan fingerprint density at radius 2 is 1.76 bits per heavy atom. The summed E-state index contributed by atoms with van der Waals surface area (Å²) in [4.78, 5) is 15.5. The molecule has 122 valence electrons. The highest BCUT2D eigenvalue weighted by molar-refractivity contribution is 7.92. The molecular weight excluding hydrogens is 318 g/mol. The molecule has 0 radical (unpaired) electrons. The van der Waals surface area contributed by atoms with Crippen molar-refractivity contribution in [1.29, 1.82) is 0 Å². The monoisotopic (exact) mass is 339 g/mol. The topological polar surface area (TPSA) is 95.1 Å². The molecule has 0 unspecified atom stereocenters. The molecule has 0 saturated carbocycles. The van der Waals surface area contributed by atoms with Gasteiger partial charge in [0, 0.05) is 13.1 Å². The number of fused-ring (bicyclic) bond motifs is 1. The maximum absolute atomic E-state index is 12.2. The summed E-state index contributed by atoms with van der Waals surface area (Å²) in [5, 5.41) is 0. The number of rotatable bonds is 3. The van der Waals surface area contributed by atoms with Crippen LogP contribution in [0, 0.1) is 0 Å². The molecule has 2 heterocycles. The first-order chi connectivity index (χ1) is 9.51. The van der Waals surface area contributed by atoms with Crippen LogP contribution >= 0.6 is 0 Å². The van der Waals surface area contributed by atoms with Crippen LogP contribution < -0.4 is 0 Å². The average molecular weight is 339 g/mol. The molecule has 0 bridgehead atoms. The number of hydrogen-bond acceptors (Lipinski definition) is 6. The van der Waals surface area contributed by atoms with E-state index in [-0.39, 0.29) is 37.0 Å². The van der Waals surface area contributed by atoms with Crippen LogP contribution in [0.2, 0.25) is 0 Å². The highest BCUT2D eigenvalue weighted by atomic mass is 32.2. The van der Waals surface area contributed by atoms with Crippen LogP contribution in [-0.4, -0.2) is 100 Å². The van der Waals surface area contributed by atoms with Gasteiger partial charge < -0.3 is 9.80 Å². The summed E-state index contributed by atoms with van der Waals surface area (Å²) >= 11 is 0. The molecule has 8 nitrogen and oxygen atoms in total. The van der Waals surface area contributed by atoms with Gasteiger partial charge in [0.25, 0.3) is 0 Å². The minimum absolute atomic E-state index is 0.148. The summed E-state index contributed by atoms with van der Waals surface area (Å²) in [6.07, 6.45) is 1.08. The first-order valence-electron chi connectivity index (χ1n) is 6.63. The fourth-order valence-electron chi connectivity index (χ4n) is 3.00. The van der Waals surface area contributed by atoms with Gasteiger partial charge in [-0.1, -0.05) is 0 Å². The number of sulfone groups is 1. The lowest BCUT2D eigenvalue weighted by atomic mass is 10.1. The Hall–Kier alpha value is -0.710. The number of amides is 1. The minimum atomic E-state index is -3.48. The first kappa shape index (κ1) is 16.7. The lowest BCUT2D eigenvalue weighted by Gasteiger charge is -2.42. The van der Waals surface area contributed by atoms with Gasteiger partial charge >= 0.3 is 0 Å². The largest absolute Gasteiger partial charge is 0.335 e. The van der Waals surface area contributed by atoms with Crippen LogP contribution in [0.15, 0.2) is 0 Å². The maximum Gasteiger partial charge on any atom is 0.237 e. The van der Waals surface area contributed by atoms with Crippen molar-refractivity contribution in [3.05, 3.63) is 0 Å². The van der Waals surface area contributed by atoms with Crippen LogP contribution in [0.1, 0.15) is 0 Å². The molecular formula is C11H21N3O5S2. The van der Waals surface area contributed by atoms with E-state index in [1.807, 2.05) is 0 Å². The van der Waals surface area contributed by atoms with E-state index < -0.39 is 31.9 Å². The maximum atomic E-state index is 12.2. The second kappa shape index (κ2) is 5.49. The van der Waals surface area contributed by atoms with Crippen LogP contribution in [0.3, 0.4) is 0 Å². The number of sulfonamides is 1. The molecule has 21 heavy (non-hydrogen) atoms. The number of piperazine rings is 1. The average Bonchev–Trinajstić information content (AvgIpc) is 2.59. The van der Waals surface area contributed by atoms with Crippen molar-refractivity contribution in [3.8, 4) is 0 Å². The zero-order valence-electron chi connectivity index (χ0n) is 12.4. The highest BCUT2D eigenvalue weighted by Crippen LogP contribution is 2.28. The van der Waals surface area contributed by atoms with E-state index in [2.05, 4.69) is 0 Å². The highest BCUT2D eigenvalue weighted by Gasteiger charge is 2.50. The standard InChI is InChI=1S/C11H21N3O5S2/c1-12(2)6-11(15)13-4-5-14(20(3,16)17)10-8-21(18,19)7-9(10)13/h9-10H,4-8H2,1-3H3/t9-,10+/m1/s1. The van der Waals surface area contributed by atoms with E-state index in [1.165, 1.54) is 9.21 Å². The van der Waals surface area contributed by atoms with E-state index in [0.717, 1.165) is 6.26 Å². The van der Waals surface area contributed by atoms with Crippen molar-refractivity contribution >= 4 is 25.8 Å². The second-order valence-electron chi connectivity index (χ2n) is 5.91. The van der Waals surface area contributed by atoms with E-state index in [4.69, 9.17) is 0 Å². The molecule has 0 aliphatic carbocycles. The van der Waals surface area contributed by atoms with Crippen molar-refractivity contribution in [3.63, 3.8) is 0 Å². The van der Waals surface area contributed by atoms with Crippen LogP contribution in [0.4, 0.5) is 0 Å². The predicted molar refractivity (Wildman–Crippen MR) is 78.0 cm³/mol. The van der Waals surface area contributed by atoms with Gasteiger partial charge in [0.05, 0.1) is 36.4 Å². The van der Waals surface area contributed by atoms with E-state index in [1.54, 1.807) is 19.0 Å². The lowest BCUT2D eigenvalue weighted by molar-refractivity contribution is -0.136. The van der Waals surface area contributed by atoms with E-state index >= 15 is 0 Å². The fourth-order valence-corrected chi connectivity index (χ4v) is 6.20. The summed E-state index contributed by atoms with van der Waals surface area (Å²) in [6.45, 7) is 0.563. The summed E-state index contributed by atoms with van der Waals surface area (Å²) in [5.41, 5.74) is 0. The van der Waals surface area contributed by atoms with Gasteiger partial charge in [0.1, 0.15) is 0 Å². The molecule has 2 fully saturated rings. The molecule has 0 N–H and O–H groups in total. The number of carbonyl (C=O) groups is 1. The van der Waals surface area contributed by atoms with Gasteiger partial charge in [-0.15, -0.1) is 0 Å². The molecule has 0 spiro atoms. The third-order valence-corrected chi connectivity index (χ3v) is 6.83. The van der Waals surface area contributed by atoms with Crippen molar-refractivity contribution < 1.29 is 21.6 Å². The molecule has 2 aliphatic rings. The zero-order chi connectivity index (χ0) is 16.0. The number of carbonyl (C=O) groups excluding carboxylic acids is 1. The van der Waals surface area contributed by atoms with Gasteiger partial charge in [-0.2, -0.15) is 4.31 Å². The van der Waals surface area contributed by atoms with Gasteiger partial charge in [-0.3, -0.25) is 4.79 Å². The molecule has 0 aromatic carbocycles. The number of hydrogen-bond donors (Lipinski definition) is 0. The number of nitrogens with zero attached hydrogens (tertiary/aromatic N) is 3. The summed E-state index contributed by atoms with van der Waals surface area (Å²) in [5.74, 6) is -0.542.